The van der Waals surface area contributed by atoms with Crippen LogP contribution in [-0.2, 0) is 18.4 Å². The van der Waals surface area contributed by atoms with E-state index in [4.69, 9.17) is 27.9 Å². The van der Waals surface area contributed by atoms with Crippen molar-refractivity contribution in [2.75, 3.05) is 0 Å². The van der Waals surface area contributed by atoms with Gasteiger partial charge in [0.25, 0.3) is 5.56 Å². The summed E-state index contributed by atoms with van der Waals surface area (Å²) in [6.07, 6.45) is 1.28. The van der Waals surface area contributed by atoms with Crippen molar-refractivity contribution in [2.45, 2.75) is 6.61 Å². The highest BCUT2D eigenvalue weighted by molar-refractivity contribution is 7.17. The zero-order chi connectivity index (χ0) is 18.4. The van der Waals surface area contributed by atoms with E-state index < -0.39 is 5.97 Å². The van der Waals surface area contributed by atoms with Crippen molar-refractivity contribution >= 4 is 56.5 Å². The molecule has 0 aliphatic rings. The zero-order valence-electron chi connectivity index (χ0n) is 13.1. The minimum Gasteiger partial charge on any atom is -0.454 e. The van der Waals surface area contributed by atoms with Gasteiger partial charge >= 0.3 is 5.97 Å². The number of carbonyl (C=O) groups is 1. The lowest BCUT2D eigenvalue weighted by Crippen LogP contribution is -2.19. The fourth-order valence-corrected chi connectivity index (χ4v) is 3.61. The van der Waals surface area contributed by atoms with Crippen LogP contribution in [0.15, 0.2) is 28.5 Å². The molecule has 4 rings (SSSR count). The van der Waals surface area contributed by atoms with E-state index in [-0.39, 0.29) is 27.9 Å². The average molecular weight is 410 g/mol. The maximum Gasteiger partial charge on any atom is 0.340 e. The van der Waals surface area contributed by atoms with Crippen molar-refractivity contribution in [3.63, 3.8) is 0 Å². The topological polar surface area (TPSA) is 91.4 Å². The number of aromatic nitrogens is 5. The molecule has 8 nitrogen and oxygen atoms in total. The molecule has 26 heavy (non-hydrogen) atoms. The van der Waals surface area contributed by atoms with Crippen LogP contribution < -0.4 is 5.56 Å². The van der Waals surface area contributed by atoms with Gasteiger partial charge in [-0.1, -0.05) is 23.2 Å². The second-order valence-corrected chi connectivity index (χ2v) is 7.00. The highest BCUT2D eigenvalue weighted by atomic mass is 35.5. The smallest absolute Gasteiger partial charge is 0.340 e. The van der Waals surface area contributed by atoms with Crippen LogP contribution in [0.5, 0.6) is 0 Å². The fourth-order valence-electron chi connectivity index (χ4n) is 2.49. The maximum atomic E-state index is 12.3. The third kappa shape index (κ3) is 2.64. The summed E-state index contributed by atoms with van der Waals surface area (Å²) in [5.41, 5.74) is 0.682. The number of aryl methyl sites for hydroxylation is 1. The van der Waals surface area contributed by atoms with E-state index in [0.29, 0.717) is 21.8 Å². The van der Waals surface area contributed by atoms with Gasteiger partial charge in [-0.25, -0.2) is 9.78 Å². The molecule has 0 aliphatic heterocycles. The second-order valence-electron chi connectivity index (χ2n) is 5.32. The SMILES string of the molecule is Cn1c(=O)c2sccc2n2c(COC(=O)c3cnc(Cl)c(Cl)c3)nnc12. The number of pyridine rings is 1. The summed E-state index contributed by atoms with van der Waals surface area (Å²) in [6.45, 7) is -0.136. The number of nitrogens with zero attached hydrogens (tertiary/aromatic N) is 5. The van der Waals surface area contributed by atoms with Gasteiger partial charge in [-0.15, -0.1) is 21.5 Å². The van der Waals surface area contributed by atoms with E-state index in [9.17, 15) is 9.59 Å². The third-order valence-electron chi connectivity index (χ3n) is 3.76. The van der Waals surface area contributed by atoms with E-state index in [1.165, 1.54) is 28.2 Å². The van der Waals surface area contributed by atoms with Gasteiger partial charge in [0.05, 0.1) is 16.1 Å². The normalized spacial score (nSPS) is 11.3. The Bertz CT molecular complexity index is 1230. The van der Waals surface area contributed by atoms with Crippen molar-refractivity contribution < 1.29 is 9.53 Å². The Morgan fingerprint density at radius 2 is 2.15 bits per heavy atom. The number of hydrogen-bond acceptors (Lipinski definition) is 7. The molecule has 0 saturated carbocycles. The average Bonchev–Trinajstić information content (AvgIpc) is 3.26. The molecule has 0 N–H and O–H groups in total. The van der Waals surface area contributed by atoms with Gasteiger partial charge in [-0.2, -0.15) is 0 Å². The Labute approximate surface area is 159 Å². The summed E-state index contributed by atoms with van der Waals surface area (Å²) in [5, 5.41) is 10.1. The number of ether oxygens (including phenoxy) is 1. The Hall–Kier alpha value is -2.49. The molecule has 0 unspecified atom stereocenters. The number of hydrogen-bond donors (Lipinski definition) is 0. The van der Waals surface area contributed by atoms with Gasteiger partial charge in [0, 0.05) is 13.2 Å². The molecular weight excluding hydrogens is 401 g/mol. The molecule has 0 saturated heterocycles. The third-order valence-corrected chi connectivity index (χ3v) is 5.34. The number of rotatable bonds is 3. The molecular formula is C15H9Cl2N5O3S. The molecule has 4 aromatic heterocycles. The first-order valence-corrected chi connectivity index (χ1v) is 8.89. The van der Waals surface area contributed by atoms with Crippen LogP contribution in [0.25, 0.3) is 16.0 Å². The molecule has 11 heteroatoms. The number of fused-ring (bicyclic) bond motifs is 3. The number of esters is 1. The highest BCUT2D eigenvalue weighted by Crippen LogP contribution is 2.21. The standard InChI is InChI=1S/C15H9Cl2N5O3S/c1-21-13(23)11-9(2-3-26-11)22-10(19-20-15(21)22)6-25-14(24)7-4-8(16)12(17)18-5-7/h2-5H,6H2,1H3. The molecule has 0 bridgehead atoms. The Morgan fingerprint density at radius 3 is 2.92 bits per heavy atom. The lowest BCUT2D eigenvalue weighted by Gasteiger charge is -2.06. The summed E-state index contributed by atoms with van der Waals surface area (Å²) in [7, 11) is 1.61. The van der Waals surface area contributed by atoms with E-state index in [2.05, 4.69) is 15.2 Å². The van der Waals surface area contributed by atoms with E-state index >= 15 is 0 Å². The minimum atomic E-state index is -0.626. The number of halogens is 2. The van der Waals surface area contributed by atoms with Crippen molar-refractivity contribution in [2.24, 2.45) is 7.05 Å². The van der Waals surface area contributed by atoms with Crippen LogP contribution in [0.3, 0.4) is 0 Å². The van der Waals surface area contributed by atoms with Crippen molar-refractivity contribution in [1.82, 2.24) is 24.1 Å². The summed E-state index contributed by atoms with van der Waals surface area (Å²) in [6, 6.07) is 3.17. The first-order chi connectivity index (χ1) is 12.5. The molecule has 0 atom stereocenters. The lowest BCUT2D eigenvalue weighted by molar-refractivity contribution is 0.0461. The van der Waals surface area contributed by atoms with Crippen LogP contribution in [0.1, 0.15) is 16.2 Å². The van der Waals surface area contributed by atoms with Gasteiger partial charge in [0.2, 0.25) is 5.78 Å². The van der Waals surface area contributed by atoms with Crippen LogP contribution in [0.4, 0.5) is 0 Å². The fraction of sp³-hybridized carbons (Fsp3) is 0.133. The quantitative estimate of drug-likeness (QED) is 0.381. The molecule has 0 radical (unpaired) electrons. The monoisotopic (exact) mass is 409 g/mol. The lowest BCUT2D eigenvalue weighted by atomic mass is 10.3. The Balaban J connectivity index is 1.69. The molecule has 132 valence electrons. The summed E-state index contributed by atoms with van der Waals surface area (Å²) < 4.78 is 8.94. The molecule has 0 amide bonds. The Morgan fingerprint density at radius 1 is 1.35 bits per heavy atom. The highest BCUT2D eigenvalue weighted by Gasteiger charge is 2.17. The van der Waals surface area contributed by atoms with Crippen LogP contribution in [0.2, 0.25) is 10.2 Å². The van der Waals surface area contributed by atoms with Crippen LogP contribution >= 0.6 is 34.5 Å². The zero-order valence-corrected chi connectivity index (χ0v) is 15.5. The molecule has 0 aromatic carbocycles. The molecule has 4 heterocycles. The predicted octanol–water partition coefficient (Wildman–Crippen LogP) is 2.70. The number of carbonyl (C=O) groups excluding carboxylic acids is 1. The first-order valence-electron chi connectivity index (χ1n) is 7.25. The maximum absolute atomic E-state index is 12.3. The Kier molecular flexibility index (Phi) is 4.14. The van der Waals surface area contributed by atoms with E-state index in [0.717, 1.165) is 0 Å². The first kappa shape index (κ1) is 17.0. The minimum absolute atomic E-state index is 0.104. The van der Waals surface area contributed by atoms with Crippen LogP contribution in [-0.4, -0.2) is 30.1 Å². The summed E-state index contributed by atoms with van der Waals surface area (Å²) in [4.78, 5) is 28.3. The molecule has 0 fully saturated rings. The molecule has 4 aromatic rings. The van der Waals surface area contributed by atoms with Crippen molar-refractivity contribution in [3.8, 4) is 0 Å². The molecule has 0 aliphatic carbocycles. The van der Waals surface area contributed by atoms with E-state index in [1.807, 2.05) is 5.38 Å². The van der Waals surface area contributed by atoms with E-state index in [1.54, 1.807) is 17.5 Å². The molecule has 0 spiro atoms. The summed E-state index contributed by atoms with van der Waals surface area (Å²) in [5.74, 6) is 0.128. The van der Waals surface area contributed by atoms with Crippen molar-refractivity contribution in [1.29, 1.82) is 0 Å². The summed E-state index contributed by atoms with van der Waals surface area (Å²) >= 11 is 12.9. The van der Waals surface area contributed by atoms with Gasteiger partial charge in [-0.3, -0.25) is 13.8 Å². The van der Waals surface area contributed by atoms with Gasteiger partial charge in [0.1, 0.15) is 9.85 Å². The van der Waals surface area contributed by atoms with Gasteiger partial charge in [0.15, 0.2) is 12.4 Å². The van der Waals surface area contributed by atoms with Gasteiger partial charge < -0.3 is 4.74 Å². The van der Waals surface area contributed by atoms with Crippen LogP contribution in [0, 0.1) is 0 Å². The second kappa shape index (κ2) is 6.35. The largest absolute Gasteiger partial charge is 0.454 e. The predicted molar refractivity (Wildman–Crippen MR) is 97.0 cm³/mol. The number of thiophene rings is 1. The van der Waals surface area contributed by atoms with Gasteiger partial charge in [-0.05, 0) is 17.5 Å². The van der Waals surface area contributed by atoms with Crippen molar-refractivity contribution in [3.05, 3.63) is 55.6 Å².